The van der Waals surface area contributed by atoms with Crippen LogP contribution in [0.1, 0.15) is 43.0 Å². The molecule has 2 aromatic rings. The van der Waals surface area contributed by atoms with Crippen LogP contribution in [-0.2, 0) is 7.05 Å². The van der Waals surface area contributed by atoms with E-state index in [1.54, 1.807) is 0 Å². The average molecular weight is 269 g/mol. The lowest BCUT2D eigenvalue weighted by molar-refractivity contribution is 0.609. The molecule has 3 heteroatoms. The van der Waals surface area contributed by atoms with E-state index in [4.69, 9.17) is 5.73 Å². The van der Waals surface area contributed by atoms with Crippen molar-refractivity contribution < 1.29 is 0 Å². The first-order chi connectivity index (χ1) is 9.31. The first kappa shape index (κ1) is 13.2. The lowest BCUT2D eigenvalue weighted by atomic mass is 9.97. The highest BCUT2D eigenvalue weighted by atomic mass is 15.3. The summed E-state index contributed by atoms with van der Waals surface area (Å²) in [6.07, 6.45) is 1.20. The van der Waals surface area contributed by atoms with Crippen LogP contribution in [0.4, 0.5) is 5.82 Å². The summed E-state index contributed by atoms with van der Waals surface area (Å²) in [7, 11) is 1.93. The molecular formula is C17H23N3. The van der Waals surface area contributed by atoms with Gasteiger partial charge in [-0.15, -0.1) is 0 Å². The summed E-state index contributed by atoms with van der Waals surface area (Å²) >= 11 is 0. The van der Waals surface area contributed by atoms with Gasteiger partial charge in [-0.1, -0.05) is 32.0 Å². The minimum Gasteiger partial charge on any atom is -0.383 e. The zero-order chi connectivity index (χ0) is 14.7. The second-order valence-corrected chi connectivity index (χ2v) is 6.81. The van der Waals surface area contributed by atoms with Gasteiger partial charge in [0.15, 0.2) is 0 Å². The van der Waals surface area contributed by atoms with Crippen molar-refractivity contribution in [3.05, 3.63) is 35.0 Å². The van der Waals surface area contributed by atoms with Crippen molar-refractivity contribution in [2.45, 2.75) is 40.0 Å². The Morgan fingerprint density at radius 1 is 1.25 bits per heavy atom. The fourth-order valence-corrected chi connectivity index (χ4v) is 2.93. The molecule has 106 valence electrons. The Labute approximate surface area is 120 Å². The molecule has 3 nitrogen and oxygen atoms in total. The molecule has 20 heavy (non-hydrogen) atoms. The highest BCUT2D eigenvalue weighted by Crippen LogP contribution is 2.60. The van der Waals surface area contributed by atoms with E-state index in [9.17, 15) is 0 Å². The van der Waals surface area contributed by atoms with Crippen LogP contribution in [0.2, 0.25) is 0 Å². The molecule has 2 N–H and O–H groups in total. The number of hydrogen-bond donors (Lipinski definition) is 1. The topological polar surface area (TPSA) is 43.8 Å². The smallest absolute Gasteiger partial charge is 0.129 e. The predicted molar refractivity (Wildman–Crippen MR) is 83.7 cm³/mol. The summed E-state index contributed by atoms with van der Waals surface area (Å²) in [5, 5.41) is 4.69. The van der Waals surface area contributed by atoms with Crippen molar-refractivity contribution in [2.75, 3.05) is 5.73 Å². The third-order valence-corrected chi connectivity index (χ3v) is 4.76. The van der Waals surface area contributed by atoms with Crippen LogP contribution in [0.3, 0.4) is 0 Å². The number of nitrogens with two attached hydrogens (primary N) is 1. The molecule has 0 spiro atoms. The Kier molecular flexibility index (Phi) is 2.72. The Hall–Kier alpha value is -1.77. The fraction of sp³-hybridized carbons (Fsp3) is 0.471. The van der Waals surface area contributed by atoms with Crippen LogP contribution in [0, 0.1) is 19.3 Å². The normalized spacial score (nSPS) is 20.1. The van der Waals surface area contributed by atoms with E-state index >= 15 is 0 Å². The number of rotatable bonds is 2. The summed E-state index contributed by atoms with van der Waals surface area (Å²) in [4.78, 5) is 0. The molecule has 1 aliphatic rings. The van der Waals surface area contributed by atoms with Gasteiger partial charge in [0.1, 0.15) is 5.82 Å². The van der Waals surface area contributed by atoms with Crippen LogP contribution in [-0.4, -0.2) is 9.78 Å². The monoisotopic (exact) mass is 269 g/mol. The van der Waals surface area contributed by atoms with Crippen molar-refractivity contribution in [3.63, 3.8) is 0 Å². The van der Waals surface area contributed by atoms with Gasteiger partial charge in [0.25, 0.3) is 0 Å². The lowest BCUT2D eigenvalue weighted by Crippen LogP contribution is -1.98. The zero-order valence-electron chi connectivity index (χ0n) is 13.0. The molecule has 1 unspecified atom stereocenters. The van der Waals surface area contributed by atoms with E-state index in [0.717, 1.165) is 11.4 Å². The van der Waals surface area contributed by atoms with E-state index in [2.05, 4.69) is 51.0 Å². The van der Waals surface area contributed by atoms with E-state index < -0.39 is 0 Å². The van der Waals surface area contributed by atoms with Crippen LogP contribution in [0.5, 0.6) is 0 Å². The molecule has 1 atom stereocenters. The maximum absolute atomic E-state index is 6.28. The summed E-state index contributed by atoms with van der Waals surface area (Å²) in [5.74, 6) is 1.30. The first-order valence-corrected chi connectivity index (χ1v) is 7.21. The summed E-state index contributed by atoms with van der Waals surface area (Å²) in [6.45, 7) is 8.88. The maximum Gasteiger partial charge on any atom is 0.129 e. The molecule has 1 fully saturated rings. The SMILES string of the molecule is Cc1ccc(-c2c(C3CC3(C)C)nn(C)c2N)cc1C. The Bertz CT molecular complexity index is 680. The van der Waals surface area contributed by atoms with Crippen LogP contribution >= 0.6 is 0 Å². The number of anilines is 1. The summed E-state index contributed by atoms with van der Waals surface area (Å²) < 4.78 is 1.81. The molecule has 0 saturated heterocycles. The van der Waals surface area contributed by atoms with Gasteiger partial charge in [0.05, 0.1) is 5.69 Å². The van der Waals surface area contributed by atoms with E-state index in [1.165, 1.54) is 28.8 Å². The number of benzene rings is 1. The van der Waals surface area contributed by atoms with Gasteiger partial charge in [-0.25, -0.2) is 0 Å². The van der Waals surface area contributed by atoms with Crippen LogP contribution < -0.4 is 5.73 Å². The summed E-state index contributed by atoms with van der Waals surface area (Å²) in [5.41, 5.74) is 12.7. The number of nitrogens with zero attached hydrogens (tertiary/aromatic N) is 2. The zero-order valence-corrected chi connectivity index (χ0v) is 13.0. The van der Waals surface area contributed by atoms with Crippen LogP contribution in [0.15, 0.2) is 18.2 Å². The number of aryl methyl sites for hydroxylation is 3. The largest absolute Gasteiger partial charge is 0.383 e. The molecule has 1 aromatic carbocycles. The van der Waals surface area contributed by atoms with Crippen molar-refractivity contribution in [3.8, 4) is 11.1 Å². The van der Waals surface area contributed by atoms with Gasteiger partial charge in [-0.05, 0) is 42.4 Å². The third kappa shape index (κ3) is 1.92. The number of aromatic nitrogens is 2. The molecule has 0 amide bonds. The molecular weight excluding hydrogens is 246 g/mol. The van der Waals surface area contributed by atoms with Gasteiger partial charge in [-0.2, -0.15) is 5.10 Å². The second kappa shape index (κ2) is 4.11. The highest BCUT2D eigenvalue weighted by Gasteiger charge is 2.49. The number of hydrogen-bond acceptors (Lipinski definition) is 2. The maximum atomic E-state index is 6.28. The lowest BCUT2D eigenvalue weighted by Gasteiger charge is -2.08. The van der Waals surface area contributed by atoms with Gasteiger partial charge in [0, 0.05) is 18.5 Å². The van der Waals surface area contributed by atoms with E-state index in [1.807, 2.05) is 11.7 Å². The molecule has 1 aromatic heterocycles. The van der Waals surface area contributed by atoms with Gasteiger partial charge in [0.2, 0.25) is 0 Å². The highest BCUT2D eigenvalue weighted by molar-refractivity contribution is 5.78. The minimum absolute atomic E-state index is 0.356. The van der Waals surface area contributed by atoms with E-state index in [-0.39, 0.29) is 0 Å². The molecule has 1 saturated carbocycles. The molecule has 3 rings (SSSR count). The second-order valence-electron chi connectivity index (χ2n) is 6.81. The quantitative estimate of drug-likeness (QED) is 0.901. The molecule has 0 bridgehead atoms. The minimum atomic E-state index is 0.356. The third-order valence-electron chi connectivity index (χ3n) is 4.76. The van der Waals surface area contributed by atoms with Crippen LogP contribution in [0.25, 0.3) is 11.1 Å². The fourth-order valence-electron chi connectivity index (χ4n) is 2.93. The van der Waals surface area contributed by atoms with Crippen molar-refractivity contribution in [2.24, 2.45) is 12.5 Å². The van der Waals surface area contributed by atoms with Gasteiger partial charge >= 0.3 is 0 Å². The molecule has 0 radical (unpaired) electrons. The van der Waals surface area contributed by atoms with Crippen molar-refractivity contribution in [1.82, 2.24) is 9.78 Å². The number of nitrogen functional groups attached to an aromatic ring is 1. The standard InChI is InChI=1S/C17H23N3/c1-10-6-7-12(8-11(10)2)14-15(13-9-17(13,3)4)19-20(5)16(14)18/h6-8,13H,9,18H2,1-5H3. The molecule has 1 heterocycles. The molecule has 1 aliphatic carbocycles. The Balaban J connectivity index is 2.15. The summed E-state index contributed by atoms with van der Waals surface area (Å²) in [6, 6.07) is 6.55. The van der Waals surface area contributed by atoms with E-state index in [0.29, 0.717) is 11.3 Å². The Morgan fingerprint density at radius 3 is 2.45 bits per heavy atom. The Morgan fingerprint density at radius 2 is 1.90 bits per heavy atom. The van der Waals surface area contributed by atoms with Gasteiger partial charge in [-0.3, -0.25) is 4.68 Å². The molecule has 0 aliphatic heterocycles. The first-order valence-electron chi connectivity index (χ1n) is 7.21. The van der Waals surface area contributed by atoms with Gasteiger partial charge < -0.3 is 5.73 Å². The average Bonchev–Trinajstić information content (AvgIpc) is 2.90. The predicted octanol–water partition coefficient (Wildman–Crippen LogP) is 3.80. The van der Waals surface area contributed by atoms with Crippen molar-refractivity contribution >= 4 is 5.82 Å². The van der Waals surface area contributed by atoms with Crippen molar-refractivity contribution in [1.29, 1.82) is 0 Å².